The summed E-state index contributed by atoms with van der Waals surface area (Å²) in [4.78, 5) is 24.5. The van der Waals surface area contributed by atoms with Crippen molar-refractivity contribution in [2.24, 2.45) is 0 Å². The van der Waals surface area contributed by atoms with Crippen LogP contribution < -0.4 is 0 Å². The zero-order valence-corrected chi connectivity index (χ0v) is 12.5. The van der Waals surface area contributed by atoms with E-state index in [0.29, 0.717) is 13.0 Å². The molecule has 4 heteroatoms. The molecule has 1 aromatic carbocycles. The fraction of sp³-hybridized carbons (Fsp3) is 0.500. The lowest BCUT2D eigenvalue weighted by molar-refractivity contribution is -0.148. The Morgan fingerprint density at radius 1 is 1.20 bits per heavy atom. The van der Waals surface area contributed by atoms with E-state index >= 15 is 0 Å². The van der Waals surface area contributed by atoms with Gasteiger partial charge >= 0.3 is 5.97 Å². The second-order valence-corrected chi connectivity index (χ2v) is 4.89. The number of likely N-dealkylation sites (N-methyl/N-ethyl adjacent to an activating group) is 1. The largest absolute Gasteiger partial charge is 0.465 e. The molecule has 110 valence electrons. The predicted octanol–water partition coefficient (Wildman–Crippen LogP) is 2.34. The van der Waals surface area contributed by atoms with Crippen molar-refractivity contribution < 1.29 is 14.3 Å². The third-order valence-electron chi connectivity index (χ3n) is 3.07. The summed E-state index contributed by atoms with van der Waals surface area (Å²) in [6.07, 6.45) is 2.11. The van der Waals surface area contributed by atoms with Crippen LogP contribution in [-0.4, -0.2) is 37.0 Å². The van der Waals surface area contributed by atoms with E-state index in [-0.39, 0.29) is 18.4 Å². The lowest BCUT2D eigenvalue weighted by atomic mass is 10.1. The van der Waals surface area contributed by atoms with Gasteiger partial charge in [-0.05, 0) is 32.3 Å². The van der Waals surface area contributed by atoms with E-state index < -0.39 is 0 Å². The Bertz CT molecular complexity index is 440. The standard InChI is InChI=1S/C16H23NO3/c1-4-20-16(19)12-17(3)15(18)7-5-6-14-10-8-13(2)9-11-14/h8-11H,4-7,12H2,1-3H3. The van der Waals surface area contributed by atoms with E-state index in [9.17, 15) is 9.59 Å². The summed E-state index contributed by atoms with van der Waals surface area (Å²) < 4.78 is 4.81. The average molecular weight is 277 g/mol. The lowest BCUT2D eigenvalue weighted by Crippen LogP contribution is -2.32. The van der Waals surface area contributed by atoms with E-state index in [1.165, 1.54) is 16.0 Å². The molecule has 1 rings (SSSR count). The normalized spacial score (nSPS) is 10.2. The van der Waals surface area contributed by atoms with Gasteiger partial charge < -0.3 is 9.64 Å². The van der Waals surface area contributed by atoms with Crippen LogP contribution in [0, 0.1) is 6.92 Å². The first-order chi connectivity index (χ1) is 9.52. The number of ether oxygens (including phenoxy) is 1. The molecule has 0 atom stereocenters. The minimum atomic E-state index is -0.359. The second-order valence-electron chi connectivity index (χ2n) is 4.89. The summed E-state index contributed by atoms with van der Waals surface area (Å²) in [7, 11) is 1.63. The molecule has 1 aromatic rings. The summed E-state index contributed by atoms with van der Waals surface area (Å²) in [5.74, 6) is -0.382. The van der Waals surface area contributed by atoms with Crippen LogP contribution in [0.1, 0.15) is 30.9 Å². The highest BCUT2D eigenvalue weighted by atomic mass is 16.5. The number of amides is 1. The van der Waals surface area contributed by atoms with Gasteiger partial charge in [0, 0.05) is 13.5 Å². The van der Waals surface area contributed by atoms with Crippen LogP contribution in [0.5, 0.6) is 0 Å². The Kier molecular flexibility index (Phi) is 6.77. The first-order valence-corrected chi connectivity index (χ1v) is 6.98. The summed E-state index contributed by atoms with van der Waals surface area (Å²) in [6.45, 7) is 4.17. The van der Waals surface area contributed by atoms with E-state index in [4.69, 9.17) is 4.74 Å². The zero-order chi connectivity index (χ0) is 15.0. The van der Waals surface area contributed by atoms with Crippen molar-refractivity contribution in [3.05, 3.63) is 35.4 Å². The number of esters is 1. The highest BCUT2D eigenvalue weighted by Gasteiger charge is 2.13. The van der Waals surface area contributed by atoms with Crippen LogP contribution in [0.15, 0.2) is 24.3 Å². The van der Waals surface area contributed by atoms with Crippen LogP contribution in [0.2, 0.25) is 0 Å². The number of rotatable bonds is 7. The monoisotopic (exact) mass is 277 g/mol. The molecule has 0 heterocycles. The maximum atomic E-state index is 11.8. The molecule has 0 fully saturated rings. The van der Waals surface area contributed by atoms with Gasteiger partial charge in [0.05, 0.1) is 6.61 Å². The Morgan fingerprint density at radius 2 is 1.85 bits per heavy atom. The van der Waals surface area contributed by atoms with Gasteiger partial charge in [0.25, 0.3) is 0 Å². The van der Waals surface area contributed by atoms with Crippen molar-refractivity contribution in [2.75, 3.05) is 20.2 Å². The summed E-state index contributed by atoms with van der Waals surface area (Å²) in [6, 6.07) is 8.32. The molecule has 0 aliphatic heterocycles. The number of hydrogen-bond donors (Lipinski definition) is 0. The van der Waals surface area contributed by atoms with Crippen molar-refractivity contribution in [2.45, 2.75) is 33.1 Å². The van der Waals surface area contributed by atoms with E-state index in [1.54, 1.807) is 14.0 Å². The Balaban J connectivity index is 2.28. The molecule has 0 N–H and O–H groups in total. The molecule has 1 amide bonds. The van der Waals surface area contributed by atoms with Gasteiger partial charge in [0.15, 0.2) is 0 Å². The van der Waals surface area contributed by atoms with Crippen LogP contribution in [0.4, 0.5) is 0 Å². The Labute approximate surface area is 120 Å². The van der Waals surface area contributed by atoms with Gasteiger partial charge in [-0.3, -0.25) is 9.59 Å². The molecule has 0 bridgehead atoms. The maximum Gasteiger partial charge on any atom is 0.325 e. The molecule has 0 radical (unpaired) electrons. The minimum Gasteiger partial charge on any atom is -0.465 e. The SMILES string of the molecule is CCOC(=O)CN(C)C(=O)CCCc1ccc(C)cc1. The van der Waals surface area contributed by atoms with E-state index in [2.05, 4.69) is 31.2 Å². The first-order valence-electron chi connectivity index (χ1n) is 6.98. The molecular weight excluding hydrogens is 254 g/mol. The topological polar surface area (TPSA) is 46.6 Å². The number of hydrogen-bond acceptors (Lipinski definition) is 3. The zero-order valence-electron chi connectivity index (χ0n) is 12.5. The number of aryl methyl sites for hydroxylation is 2. The van der Waals surface area contributed by atoms with Crippen molar-refractivity contribution in [1.82, 2.24) is 4.90 Å². The molecule has 0 unspecified atom stereocenters. The second kappa shape index (κ2) is 8.35. The van der Waals surface area contributed by atoms with Gasteiger partial charge in [-0.2, -0.15) is 0 Å². The number of benzene rings is 1. The molecule has 0 saturated heterocycles. The lowest BCUT2D eigenvalue weighted by Gasteiger charge is -2.15. The molecule has 0 aliphatic rings. The Morgan fingerprint density at radius 3 is 2.45 bits per heavy atom. The summed E-state index contributed by atoms with van der Waals surface area (Å²) >= 11 is 0. The van der Waals surface area contributed by atoms with Crippen molar-refractivity contribution in [3.8, 4) is 0 Å². The van der Waals surface area contributed by atoms with Gasteiger partial charge in [-0.1, -0.05) is 29.8 Å². The molecule has 0 spiro atoms. The molecule has 0 aliphatic carbocycles. The van der Waals surface area contributed by atoms with Gasteiger partial charge in [0.1, 0.15) is 6.54 Å². The quantitative estimate of drug-likeness (QED) is 0.719. The fourth-order valence-corrected chi connectivity index (χ4v) is 1.88. The fourth-order valence-electron chi connectivity index (χ4n) is 1.88. The van der Waals surface area contributed by atoms with Gasteiger partial charge in [-0.15, -0.1) is 0 Å². The third-order valence-corrected chi connectivity index (χ3v) is 3.07. The minimum absolute atomic E-state index is 0.0230. The Hall–Kier alpha value is -1.84. The van der Waals surface area contributed by atoms with Crippen molar-refractivity contribution in [3.63, 3.8) is 0 Å². The van der Waals surface area contributed by atoms with Gasteiger partial charge in [0.2, 0.25) is 5.91 Å². The highest BCUT2D eigenvalue weighted by molar-refractivity contribution is 5.81. The van der Waals surface area contributed by atoms with Crippen molar-refractivity contribution in [1.29, 1.82) is 0 Å². The molecule has 4 nitrogen and oxygen atoms in total. The number of carbonyl (C=O) groups is 2. The molecular formula is C16H23NO3. The first kappa shape index (κ1) is 16.2. The average Bonchev–Trinajstić information content (AvgIpc) is 2.41. The van der Waals surface area contributed by atoms with Crippen LogP contribution in [0.3, 0.4) is 0 Å². The molecule has 20 heavy (non-hydrogen) atoms. The number of carbonyl (C=O) groups excluding carboxylic acids is 2. The molecule has 0 saturated carbocycles. The van der Waals surface area contributed by atoms with E-state index in [1.807, 2.05) is 0 Å². The van der Waals surface area contributed by atoms with Gasteiger partial charge in [-0.25, -0.2) is 0 Å². The van der Waals surface area contributed by atoms with Crippen LogP contribution in [0.25, 0.3) is 0 Å². The van der Waals surface area contributed by atoms with Crippen molar-refractivity contribution >= 4 is 11.9 Å². The smallest absolute Gasteiger partial charge is 0.325 e. The van der Waals surface area contributed by atoms with E-state index in [0.717, 1.165) is 12.8 Å². The van der Waals surface area contributed by atoms with Crippen LogP contribution >= 0.6 is 0 Å². The molecule has 0 aromatic heterocycles. The number of nitrogens with zero attached hydrogens (tertiary/aromatic N) is 1. The third kappa shape index (κ3) is 5.87. The predicted molar refractivity (Wildman–Crippen MR) is 78.4 cm³/mol. The summed E-state index contributed by atoms with van der Waals surface area (Å²) in [5, 5.41) is 0. The highest BCUT2D eigenvalue weighted by Crippen LogP contribution is 2.08. The summed E-state index contributed by atoms with van der Waals surface area (Å²) in [5.41, 5.74) is 2.47. The maximum absolute atomic E-state index is 11.8. The van der Waals surface area contributed by atoms with Crippen LogP contribution in [-0.2, 0) is 20.7 Å².